The van der Waals surface area contributed by atoms with Crippen molar-refractivity contribution in [3.63, 3.8) is 0 Å². The summed E-state index contributed by atoms with van der Waals surface area (Å²) in [6, 6.07) is 9.76. The van der Waals surface area contributed by atoms with Crippen molar-refractivity contribution < 1.29 is 17.6 Å². The molecule has 0 saturated carbocycles. The second kappa shape index (κ2) is 11.9. The van der Waals surface area contributed by atoms with Gasteiger partial charge in [-0.25, -0.2) is 4.39 Å². The highest BCUT2D eigenvalue weighted by atomic mass is 19.4. The lowest BCUT2D eigenvalue weighted by Gasteiger charge is -2.20. The number of allylic oxidation sites excluding steroid dienone is 1. The number of nitrogens with two attached hydrogens (primary N) is 1. The molecule has 0 atom stereocenters. The predicted molar refractivity (Wildman–Crippen MR) is 134 cm³/mol. The van der Waals surface area contributed by atoms with Crippen molar-refractivity contribution in [3.05, 3.63) is 82.8 Å². The van der Waals surface area contributed by atoms with Crippen LogP contribution in [0.5, 0.6) is 0 Å². The molecule has 1 aliphatic rings. The molecule has 3 rings (SSSR count). The fraction of sp³-hybridized carbons (Fsp3) is 0.370. The first-order chi connectivity index (χ1) is 16.7. The zero-order valence-electron chi connectivity index (χ0n) is 19.9. The van der Waals surface area contributed by atoms with E-state index in [9.17, 15) is 17.6 Å². The fourth-order valence-electron chi connectivity index (χ4n) is 4.08. The summed E-state index contributed by atoms with van der Waals surface area (Å²) in [5, 5.41) is 6.42. The Hall–Kier alpha value is -3.29. The number of amidine groups is 1. The van der Waals surface area contributed by atoms with E-state index in [-0.39, 0.29) is 12.1 Å². The van der Waals surface area contributed by atoms with E-state index in [1.54, 1.807) is 12.1 Å². The van der Waals surface area contributed by atoms with E-state index in [1.807, 2.05) is 6.92 Å². The molecule has 0 spiro atoms. The van der Waals surface area contributed by atoms with Crippen molar-refractivity contribution in [3.8, 4) is 0 Å². The van der Waals surface area contributed by atoms with Crippen molar-refractivity contribution in [1.29, 1.82) is 0 Å². The first kappa shape index (κ1) is 26.3. The van der Waals surface area contributed by atoms with Crippen LogP contribution in [0, 0.1) is 5.82 Å². The summed E-state index contributed by atoms with van der Waals surface area (Å²) in [5.74, 6) is -0.0483. The number of hydrogen-bond donors (Lipinski definition) is 3. The van der Waals surface area contributed by atoms with E-state index in [4.69, 9.17) is 5.73 Å². The number of nitrogens with one attached hydrogen (secondary N) is 2. The molecule has 0 unspecified atom stereocenters. The molecule has 35 heavy (non-hydrogen) atoms. The van der Waals surface area contributed by atoms with Gasteiger partial charge in [0.05, 0.1) is 12.1 Å². The van der Waals surface area contributed by atoms with Gasteiger partial charge < -0.3 is 16.4 Å². The van der Waals surface area contributed by atoms with Crippen LogP contribution in [0.3, 0.4) is 0 Å². The van der Waals surface area contributed by atoms with Crippen LogP contribution in [0.2, 0.25) is 0 Å². The maximum Gasteiger partial charge on any atom is 0.416 e. The molecule has 1 aliphatic carbocycles. The summed E-state index contributed by atoms with van der Waals surface area (Å²) in [7, 11) is 0. The number of alkyl halides is 3. The van der Waals surface area contributed by atoms with Gasteiger partial charge in [-0.3, -0.25) is 4.99 Å². The van der Waals surface area contributed by atoms with E-state index in [1.165, 1.54) is 24.3 Å². The quantitative estimate of drug-likeness (QED) is 0.213. The summed E-state index contributed by atoms with van der Waals surface area (Å²) in [6.07, 6.45) is 0.572. The lowest BCUT2D eigenvalue weighted by atomic mass is 10.0. The summed E-state index contributed by atoms with van der Waals surface area (Å²) in [6.45, 7) is 6.61. The van der Waals surface area contributed by atoms with Gasteiger partial charge >= 0.3 is 6.18 Å². The van der Waals surface area contributed by atoms with Crippen LogP contribution in [0.15, 0.2) is 65.3 Å². The molecule has 8 heteroatoms. The van der Waals surface area contributed by atoms with Gasteiger partial charge in [0, 0.05) is 34.8 Å². The highest BCUT2D eigenvalue weighted by Crippen LogP contribution is 2.32. The maximum atomic E-state index is 14.1. The highest BCUT2D eigenvalue weighted by molar-refractivity contribution is 6.04. The molecule has 0 aromatic heterocycles. The predicted octanol–water partition coefficient (Wildman–Crippen LogP) is 7.00. The molecule has 188 valence electrons. The third-order valence-corrected chi connectivity index (χ3v) is 5.92. The van der Waals surface area contributed by atoms with Crippen molar-refractivity contribution >= 4 is 17.2 Å². The van der Waals surface area contributed by atoms with E-state index >= 15 is 0 Å². The summed E-state index contributed by atoms with van der Waals surface area (Å²) in [4.78, 5) is 4.56. The Morgan fingerprint density at radius 1 is 1.09 bits per heavy atom. The van der Waals surface area contributed by atoms with E-state index in [0.717, 1.165) is 37.3 Å². The van der Waals surface area contributed by atoms with Crippen molar-refractivity contribution in [2.45, 2.75) is 58.2 Å². The molecule has 2 aromatic rings. The minimum atomic E-state index is -4.48. The Bertz CT molecular complexity index is 1100. The molecule has 0 heterocycles. The Morgan fingerprint density at radius 2 is 1.83 bits per heavy atom. The average Bonchev–Trinajstić information content (AvgIpc) is 3.04. The Balaban J connectivity index is 1.98. The molecule has 0 bridgehead atoms. The fourth-order valence-corrected chi connectivity index (χ4v) is 4.08. The minimum absolute atomic E-state index is 0.0637. The number of aliphatic imine (C=N–C) groups is 1. The SMILES string of the molecule is C=C(NC(=NCc1ccccc1C(F)(F)F)C1=C(N)CCCCC1)c1cc(F)ccc1NCCC. The van der Waals surface area contributed by atoms with Gasteiger partial charge in [0.15, 0.2) is 0 Å². The normalized spacial score (nSPS) is 15.1. The molecule has 0 saturated heterocycles. The van der Waals surface area contributed by atoms with Gasteiger partial charge in [-0.2, -0.15) is 13.2 Å². The molecular weight excluding hydrogens is 456 g/mol. The molecule has 0 amide bonds. The Labute approximate surface area is 204 Å². The van der Waals surface area contributed by atoms with Crippen LogP contribution in [-0.4, -0.2) is 12.4 Å². The molecule has 4 N–H and O–H groups in total. The molecule has 4 nitrogen and oxygen atoms in total. The van der Waals surface area contributed by atoms with Crippen molar-refractivity contribution in [1.82, 2.24) is 5.32 Å². The van der Waals surface area contributed by atoms with Crippen LogP contribution in [0.4, 0.5) is 23.2 Å². The van der Waals surface area contributed by atoms with Crippen LogP contribution < -0.4 is 16.4 Å². The topological polar surface area (TPSA) is 62.4 Å². The first-order valence-electron chi connectivity index (χ1n) is 11.9. The molecule has 0 aliphatic heterocycles. The lowest BCUT2D eigenvalue weighted by Crippen LogP contribution is -2.27. The maximum absolute atomic E-state index is 14.1. The number of hydrogen-bond acceptors (Lipinski definition) is 3. The van der Waals surface area contributed by atoms with Crippen molar-refractivity contribution in [2.24, 2.45) is 10.7 Å². The smallest absolute Gasteiger partial charge is 0.402 e. The Kier molecular flexibility index (Phi) is 8.95. The molecule has 0 radical (unpaired) electrons. The molecular formula is C27H32F4N4. The third kappa shape index (κ3) is 7.10. The summed E-state index contributed by atoms with van der Waals surface area (Å²) >= 11 is 0. The molecule has 2 aromatic carbocycles. The number of rotatable bonds is 8. The van der Waals surface area contributed by atoms with Crippen LogP contribution in [-0.2, 0) is 12.7 Å². The monoisotopic (exact) mass is 488 g/mol. The van der Waals surface area contributed by atoms with Gasteiger partial charge in [0.25, 0.3) is 0 Å². The zero-order chi connectivity index (χ0) is 25.4. The summed E-state index contributed by atoms with van der Waals surface area (Å²) in [5.41, 5.74) is 8.75. The van der Waals surface area contributed by atoms with Crippen molar-refractivity contribution in [2.75, 3.05) is 11.9 Å². The van der Waals surface area contributed by atoms with Gasteiger partial charge in [0.2, 0.25) is 0 Å². The zero-order valence-corrected chi connectivity index (χ0v) is 19.9. The van der Waals surface area contributed by atoms with E-state index in [2.05, 4.69) is 22.2 Å². The number of halogens is 4. The van der Waals surface area contributed by atoms with Gasteiger partial charge in [-0.1, -0.05) is 38.1 Å². The number of nitrogens with zero attached hydrogens (tertiary/aromatic N) is 1. The second-order valence-electron chi connectivity index (χ2n) is 8.60. The minimum Gasteiger partial charge on any atom is -0.402 e. The average molecular weight is 489 g/mol. The molecule has 0 fully saturated rings. The number of anilines is 1. The van der Waals surface area contributed by atoms with Crippen LogP contribution >= 0.6 is 0 Å². The van der Waals surface area contributed by atoms with E-state index in [0.29, 0.717) is 47.9 Å². The van der Waals surface area contributed by atoms with Gasteiger partial charge in [0.1, 0.15) is 11.7 Å². The third-order valence-electron chi connectivity index (χ3n) is 5.92. The Morgan fingerprint density at radius 3 is 2.57 bits per heavy atom. The van der Waals surface area contributed by atoms with E-state index < -0.39 is 17.6 Å². The highest BCUT2D eigenvalue weighted by Gasteiger charge is 2.32. The lowest BCUT2D eigenvalue weighted by molar-refractivity contribution is -0.138. The van der Waals surface area contributed by atoms with Crippen LogP contribution in [0.25, 0.3) is 5.70 Å². The standard InChI is InChI=1S/C27H32F4N4/c1-3-15-33-25-14-13-20(28)16-22(25)18(2)35-26(21-10-5-4-6-12-24(21)32)34-17-19-9-7-8-11-23(19)27(29,30)31/h7-9,11,13-14,16,33H,2-6,10,12,15,17,32H2,1H3,(H,34,35). The van der Waals surface area contributed by atoms with Crippen LogP contribution in [0.1, 0.15) is 62.1 Å². The van der Waals surface area contributed by atoms with Gasteiger partial charge in [-0.05, 0) is 61.9 Å². The summed E-state index contributed by atoms with van der Waals surface area (Å²) < 4.78 is 54.6. The first-order valence-corrected chi connectivity index (χ1v) is 11.9. The number of benzene rings is 2. The van der Waals surface area contributed by atoms with Gasteiger partial charge in [-0.15, -0.1) is 0 Å². The second-order valence-corrected chi connectivity index (χ2v) is 8.60. The largest absolute Gasteiger partial charge is 0.416 e.